The van der Waals surface area contributed by atoms with Gasteiger partial charge in [0.25, 0.3) is 5.91 Å². The molecule has 26 heavy (non-hydrogen) atoms. The van der Waals surface area contributed by atoms with Crippen molar-refractivity contribution in [3.05, 3.63) is 50.4 Å². The van der Waals surface area contributed by atoms with E-state index in [2.05, 4.69) is 5.10 Å². The summed E-state index contributed by atoms with van der Waals surface area (Å²) in [5, 5.41) is 23.1. The van der Waals surface area contributed by atoms with Crippen molar-refractivity contribution in [2.45, 2.75) is 18.6 Å². The van der Waals surface area contributed by atoms with E-state index < -0.39 is 24.0 Å². The van der Waals surface area contributed by atoms with Crippen LogP contribution in [0.25, 0.3) is 0 Å². The van der Waals surface area contributed by atoms with E-state index in [1.807, 2.05) is 28.7 Å². The Balaban J connectivity index is 2.27. The Morgan fingerprint density at radius 1 is 1.35 bits per heavy atom. The summed E-state index contributed by atoms with van der Waals surface area (Å²) in [6.45, 7) is -0.137. The molecule has 9 nitrogen and oxygen atoms in total. The van der Waals surface area contributed by atoms with Crippen molar-refractivity contribution >= 4 is 34.5 Å². The van der Waals surface area contributed by atoms with Crippen LogP contribution in [0.5, 0.6) is 0 Å². The van der Waals surface area contributed by atoms with Gasteiger partial charge < -0.3 is 21.5 Å². The maximum absolute atomic E-state index is 12.2. The number of carbonyl (C=O) groups excluding carboxylic acids is 2. The molecule has 0 aliphatic carbocycles. The van der Waals surface area contributed by atoms with E-state index in [9.17, 15) is 14.7 Å². The quantitative estimate of drug-likeness (QED) is 0.556. The second-order valence-electron chi connectivity index (χ2n) is 5.82. The van der Waals surface area contributed by atoms with Crippen molar-refractivity contribution in [3.63, 3.8) is 0 Å². The van der Waals surface area contributed by atoms with Crippen molar-refractivity contribution in [2.24, 2.45) is 11.5 Å². The fourth-order valence-corrected chi connectivity index (χ4v) is 4.03. The Morgan fingerprint density at radius 3 is 2.50 bits per heavy atom. The molecule has 2 aromatic rings. The number of rotatable bonds is 3. The lowest BCUT2D eigenvalue weighted by molar-refractivity contribution is 0.0851. The van der Waals surface area contributed by atoms with Gasteiger partial charge in [-0.3, -0.25) is 9.48 Å². The number of primary amides is 2. The molecule has 0 saturated heterocycles. The predicted molar refractivity (Wildman–Crippen MR) is 98.8 cm³/mol. The standard InChI is InChI=1S/C16H15IN6O3/c17-14-11(15(19)25)13-12(9-3-1-8(5-18)2-4-9)23(16(20)26)10(7-24)6-22(13)21-14/h1-4,10,12,24H,6-7H2,(H2,19,25)(H2,20,26). The summed E-state index contributed by atoms with van der Waals surface area (Å²) in [6, 6.07) is 6.47. The molecule has 2 atom stereocenters. The second kappa shape index (κ2) is 6.93. The maximum atomic E-state index is 12.2. The highest BCUT2D eigenvalue weighted by molar-refractivity contribution is 14.1. The van der Waals surface area contributed by atoms with E-state index in [1.54, 1.807) is 28.9 Å². The van der Waals surface area contributed by atoms with Crippen molar-refractivity contribution in [1.82, 2.24) is 14.7 Å². The van der Waals surface area contributed by atoms with Crippen molar-refractivity contribution in [1.29, 1.82) is 5.26 Å². The fraction of sp³-hybridized carbons (Fsp3) is 0.250. The average Bonchev–Trinajstić information content (AvgIpc) is 2.95. The smallest absolute Gasteiger partial charge is 0.316 e. The summed E-state index contributed by atoms with van der Waals surface area (Å²) >= 11 is 1.91. The number of hydrogen-bond donors (Lipinski definition) is 3. The number of fused-ring (bicyclic) bond motifs is 1. The van der Waals surface area contributed by atoms with Crippen LogP contribution in [0.1, 0.15) is 33.2 Å². The molecule has 1 aliphatic heterocycles. The number of urea groups is 1. The van der Waals surface area contributed by atoms with Crippen LogP contribution in [0.4, 0.5) is 4.79 Å². The highest BCUT2D eigenvalue weighted by atomic mass is 127. The molecule has 0 radical (unpaired) electrons. The summed E-state index contributed by atoms with van der Waals surface area (Å²) in [4.78, 5) is 25.5. The van der Waals surface area contributed by atoms with Gasteiger partial charge in [0.2, 0.25) is 0 Å². The van der Waals surface area contributed by atoms with Gasteiger partial charge in [-0.1, -0.05) is 12.1 Å². The lowest BCUT2D eigenvalue weighted by Gasteiger charge is -2.41. The Labute approximate surface area is 162 Å². The third-order valence-electron chi connectivity index (χ3n) is 4.33. The number of carbonyl (C=O) groups is 2. The second-order valence-corrected chi connectivity index (χ2v) is 6.84. The third kappa shape index (κ3) is 2.89. The first-order valence-corrected chi connectivity index (χ1v) is 8.71. The number of nitrogens with two attached hydrogens (primary N) is 2. The summed E-state index contributed by atoms with van der Waals surface area (Å²) < 4.78 is 1.98. The number of halogens is 1. The number of benzene rings is 1. The number of nitriles is 1. The minimum atomic E-state index is -0.760. The lowest BCUT2D eigenvalue weighted by Crippen LogP contribution is -2.53. The minimum Gasteiger partial charge on any atom is -0.394 e. The van der Waals surface area contributed by atoms with Crippen molar-refractivity contribution in [2.75, 3.05) is 6.61 Å². The number of aliphatic hydroxyl groups excluding tert-OH is 1. The van der Waals surface area contributed by atoms with Crippen LogP contribution < -0.4 is 11.5 Å². The topological polar surface area (TPSA) is 151 Å². The van der Waals surface area contributed by atoms with E-state index in [-0.39, 0.29) is 18.7 Å². The zero-order valence-corrected chi connectivity index (χ0v) is 15.6. The van der Waals surface area contributed by atoms with Gasteiger partial charge in [0, 0.05) is 0 Å². The van der Waals surface area contributed by atoms with Crippen LogP contribution in [0.3, 0.4) is 0 Å². The molecule has 2 unspecified atom stereocenters. The van der Waals surface area contributed by atoms with Gasteiger partial charge in [-0.25, -0.2) is 4.79 Å². The highest BCUT2D eigenvalue weighted by Crippen LogP contribution is 2.37. The van der Waals surface area contributed by atoms with Gasteiger partial charge in [-0.05, 0) is 40.3 Å². The molecular weight excluding hydrogens is 451 g/mol. The van der Waals surface area contributed by atoms with E-state index in [0.29, 0.717) is 20.5 Å². The first-order chi connectivity index (χ1) is 12.4. The Bertz CT molecular complexity index is 917. The number of amides is 3. The molecule has 1 aliphatic rings. The molecule has 0 spiro atoms. The number of hydrogen-bond acceptors (Lipinski definition) is 5. The zero-order chi connectivity index (χ0) is 19.0. The molecule has 1 aromatic carbocycles. The molecule has 1 aromatic heterocycles. The molecule has 10 heteroatoms. The molecular formula is C16H15IN6O3. The van der Waals surface area contributed by atoms with Gasteiger partial charge in [0.15, 0.2) is 0 Å². The van der Waals surface area contributed by atoms with E-state index in [4.69, 9.17) is 16.7 Å². The van der Waals surface area contributed by atoms with Crippen LogP contribution in [0, 0.1) is 15.0 Å². The normalized spacial score (nSPS) is 18.9. The van der Waals surface area contributed by atoms with E-state index in [1.165, 1.54) is 4.90 Å². The van der Waals surface area contributed by atoms with Crippen LogP contribution in [0.15, 0.2) is 24.3 Å². The van der Waals surface area contributed by atoms with Gasteiger partial charge in [0.1, 0.15) is 9.74 Å². The largest absolute Gasteiger partial charge is 0.394 e. The molecule has 2 heterocycles. The number of aliphatic hydroxyl groups is 1. The molecule has 0 fully saturated rings. The summed E-state index contributed by atoms with van der Waals surface area (Å²) in [5.41, 5.74) is 12.8. The third-order valence-corrected chi connectivity index (χ3v) is 5.09. The number of aromatic nitrogens is 2. The molecule has 134 valence electrons. The molecule has 5 N–H and O–H groups in total. The lowest BCUT2D eigenvalue weighted by atomic mass is 9.94. The van der Waals surface area contributed by atoms with Gasteiger partial charge >= 0.3 is 6.03 Å². The molecule has 3 amide bonds. The summed E-state index contributed by atoms with van der Waals surface area (Å²) in [6.07, 6.45) is 0. The molecule has 0 saturated carbocycles. The van der Waals surface area contributed by atoms with Crippen LogP contribution in [-0.4, -0.2) is 44.4 Å². The number of nitrogens with zero attached hydrogens (tertiary/aromatic N) is 4. The first kappa shape index (κ1) is 18.2. The van der Waals surface area contributed by atoms with Crippen LogP contribution in [0.2, 0.25) is 0 Å². The van der Waals surface area contributed by atoms with Crippen LogP contribution in [-0.2, 0) is 6.54 Å². The fourth-order valence-electron chi connectivity index (χ4n) is 3.23. The van der Waals surface area contributed by atoms with Gasteiger partial charge in [-0.15, -0.1) is 0 Å². The SMILES string of the molecule is N#Cc1ccc(C2c3c(C(N)=O)c(I)nn3CC(CO)N2C(N)=O)cc1. The zero-order valence-electron chi connectivity index (χ0n) is 13.5. The summed E-state index contributed by atoms with van der Waals surface area (Å²) in [5.74, 6) is -0.666. The first-order valence-electron chi connectivity index (χ1n) is 7.63. The molecule has 0 bridgehead atoms. The average molecular weight is 466 g/mol. The van der Waals surface area contributed by atoms with E-state index in [0.717, 1.165) is 0 Å². The Hall–Kier alpha value is -2.65. The minimum absolute atomic E-state index is 0.185. The maximum Gasteiger partial charge on any atom is 0.316 e. The highest BCUT2D eigenvalue weighted by Gasteiger charge is 2.41. The van der Waals surface area contributed by atoms with Gasteiger partial charge in [-0.2, -0.15) is 10.4 Å². The van der Waals surface area contributed by atoms with E-state index >= 15 is 0 Å². The monoisotopic (exact) mass is 466 g/mol. The van der Waals surface area contributed by atoms with Crippen LogP contribution >= 0.6 is 22.6 Å². The van der Waals surface area contributed by atoms with Crippen molar-refractivity contribution < 1.29 is 14.7 Å². The Morgan fingerprint density at radius 2 is 2.00 bits per heavy atom. The molecule has 3 rings (SSSR count). The predicted octanol–water partition coefficient (Wildman–Crippen LogP) is 0.303. The van der Waals surface area contributed by atoms with Crippen molar-refractivity contribution in [3.8, 4) is 6.07 Å². The summed E-state index contributed by atoms with van der Waals surface area (Å²) in [7, 11) is 0. The Kier molecular flexibility index (Phi) is 4.84. The van der Waals surface area contributed by atoms with Gasteiger partial charge in [0.05, 0.1) is 42.1 Å².